The van der Waals surface area contributed by atoms with Crippen LogP contribution in [0.4, 0.5) is 4.39 Å². The van der Waals surface area contributed by atoms with Gasteiger partial charge in [-0.2, -0.15) is 0 Å². The Morgan fingerprint density at radius 1 is 1.45 bits per heavy atom. The molecule has 120 valence electrons. The van der Waals surface area contributed by atoms with E-state index in [9.17, 15) is 9.18 Å². The molecule has 0 aliphatic carbocycles. The summed E-state index contributed by atoms with van der Waals surface area (Å²) in [6.45, 7) is 2.52. The number of hydrogen-bond acceptors (Lipinski definition) is 3. The van der Waals surface area contributed by atoms with Crippen LogP contribution in [0.15, 0.2) is 18.2 Å². The van der Waals surface area contributed by atoms with Gasteiger partial charge in [-0.3, -0.25) is 0 Å². The number of carbonyl (C=O) groups excluding carboxylic acids is 1. The predicted octanol–water partition coefficient (Wildman–Crippen LogP) is 3.40. The van der Waals surface area contributed by atoms with Gasteiger partial charge in [0.2, 0.25) is 0 Å². The molecule has 5 heteroatoms. The van der Waals surface area contributed by atoms with E-state index in [2.05, 4.69) is 0 Å². The second-order valence-electron chi connectivity index (χ2n) is 6.16. The van der Waals surface area contributed by atoms with Crippen molar-refractivity contribution in [3.8, 4) is 0 Å². The Morgan fingerprint density at radius 2 is 2.18 bits per heavy atom. The molecule has 0 spiro atoms. The molecule has 1 aliphatic rings. The molecule has 2 rings (SSSR count). The molecule has 3 nitrogen and oxygen atoms in total. The first kappa shape index (κ1) is 17.2. The van der Waals surface area contributed by atoms with Crippen molar-refractivity contribution >= 4 is 13.2 Å². The Balaban J connectivity index is 2.11. The summed E-state index contributed by atoms with van der Waals surface area (Å²) in [4.78, 5) is 11.1. The first-order chi connectivity index (χ1) is 10.7. The third-order valence-electron chi connectivity index (χ3n) is 4.75. The quantitative estimate of drug-likeness (QED) is 0.477. The molecule has 1 heterocycles. The van der Waals surface area contributed by atoms with E-state index < -0.39 is 0 Å². The summed E-state index contributed by atoms with van der Waals surface area (Å²) < 4.78 is 19.1. The van der Waals surface area contributed by atoms with E-state index in [1.54, 1.807) is 6.07 Å². The summed E-state index contributed by atoms with van der Waals surface area (Å²) in [7, 11) is 0. The minimum Gasteiger partial charge on any atom is -0.424 e. The van der Waals surface area contributed by atoms with Gasteiger partial charge < -0.3 is 15.2 Å². The highest BCUT2D eigenvalue weighted by Gasteiger charge is 2.27. The van der Waals surface area contributed by atoms with Gasteiger partial charge in [0.25, 0.3) is 6.92 Å². The maximum Gasteiger partial charge on any atom is 0.294 e. The fourth-order valence-electron chi connectivity index (χ4n) is 3.40. The number of aldehydes is 1. The van der Waals surface area contributed by atoms with Crippen LogP contribution in [0.25, 0.3) is 0 Å². The second kappa shape index (κ2) is 8.44. The van der Waals surface area contributed by atoms with Crippen molar-refractivity contribution in [1.82, 2.24) is 0 Å². The summed E-state index contributed by atoms with van der Waals surface area (Å²) in [5.74, 6) is 0.175. The van der Waals surface area contributed by atoms with Crippen LogP contribution in [0.3, 0.4) is 0 Å². The number of benzene rings is 1. The van der Waals surface area contributed by atoms with Gasteiger partial charge in [0, 0.05) is 5.92 Å². The minimum absolute atomic E-state index is 0.0301. The molecule has 0 amide bonds. The van der Waals surface area contributed by atoms with Crippen LogP contribution in [-0.2, 0) is 15.9 Å². The zero-order valence-electron chi connectivity index (χ0n) is 13.3. The van der Waals surface area contributed by atoms with E-state index in [1.165, 1.54) is 11.6 Å². The highest BCUT2D eigenvalue weighted by molar-refractivity contribution is 6.52. The second-order valence-corrected chi connectivity index (χ2v) is 6.16. The Kier molecular flexibility index (Phi) is 6.59. The van der Waals surface area contributed by atoms with Gasteiger partial charge in [0.15, 0.2) is 0 Å². The zero-order valence-corrected chi connectivity index (χ0v) is 13.3. The lowest BCUT2D eigenvalue weighted by atomic mass is 9.53. The van der Waals surface area contributed by atoms with Crippen LogP contribution < -0.4 is 5.73 Å². The fourth-order valence-corrected chi connectivity index (χ4v) is 3.40. The zero-order chi connectivity index (χ0) is 15.9. The highest BCUT2D eigenvalue weighted by Crippen LogP contribution is 2.36. The standard InChI is InChI=1S/C17H25BFNO2/c1-2-13(11-21)9-15-10-16(19)3-4-17(15)14-5-7-18(8-6-14)22-12-20/h3-4,10-11,13-14H,2,5-9,12,20H2,1H3. The molecule has 1 unspecified atom stereocenters. The third-order valence-corrected chi connectivity index (χ3v) is 4.75. The van der Waals surface area contributed by atoms with Crippen molar-refractivity contribution < 1.29 is 13.8 Å². The van der Waals surface area contributed by atoms with Gasteiger partial charge in [0.1, 0.15) is 12.1 Å². The van der Waals surface area contributed by atoms with Crippen LogP contribution in [-0.4, -0.2) is 19.9 Å². The number of halogens is 1. The molecule has 0 saturated carbocycles. The number of nitrogens with two attached hydrogens (primary N) is 1. The van der Waals surface area contributed by atoms with Crippen molar-refractivity contribution in [2.45, 2.75) is 51.2 Å². The Morgan fingerprint density at radius 3 is 2.77 bits per heavy atom. The van der Waals surface area contributed by atoms with Crippen LogP contribution >= 0.6 is 0 Å². The van der Waals surface area contributed by atoms with E-state index in [0.717, 1.165) is 43.8 Å². The average Bonchev–Trinajstić information content (AvgIpc) is 2.54. The molecule has 0 radical (unpaired) electrons. The van der Waals surface area contributed by atoms with Gasteiger partial charge in [-0.25, -0.2) is 4.39 Å². The Bertz CT molecular complexity index is 490. The van der Waals surface area contributed by atoms with E-state index in [-0.39, 0.29) is 25.4 Å². The van der Waals surface area contributed by atoms with E-state index in [1.807, 2.05) is 13.0 Å². The van der Waals surface area contributed by atoms with Crippen molar-refractivity contribution in [2.24, 2.45) is 11.7 Å². The molecule has 1 saturated heterocycles. The van der Waals surface area contributed by atoms with Gasteiger partial charge in [-0.05, 0) is 54.7 Å². The lowest BCUT2D eigenvalue weighted by Gasteiger charge is -2.28. The lowest BCUT2D eigenvalue weighted by molar-refractivity contribution is -0.111. The first-order valence-corrected chi connectivity index (χ1v) is 8.23. The van der Waals surface area contributed by atoms with Crippen LogP contribution in [0.2, 0.25) is 12.6 Å². The molecule has 0 bridgehead atoms. The molecule has 1 aromatic rings. The summed E-state index contributed by atoms with van der Waals surface area (Å²) in [5, 5.41) is 0. The summed E-state index contributed by atoms with van der Waals surface area (Å²) in [6, 6.07) is 5.03. The molecule has 0 aromatic heterocycles. The van der Waals surface area contributed by atoms with Gasteiger partial charge in [0.05, 0.1) is 6.73 Å². The normalized spacial score (nSPS) is 17.5. The molecular formula is C17H25BFNO2. The largest absolute Gasteiger partial charge is 0.424 e. The Labute approximate surface area is 132 Å². The number of hydrogen-bond donors (Lipinski definition) is 1. The molecule has 1 fully saturated rings. The topological polar surface area (TPSA) is 52.3 Å². The molecule has 22 heavy (non-hydrogen) atoms. The lowest BCUT2D eigenvalue weighted by Crippen LogP contribution is -2.27. The number of rotatable bonds is 7. The predicted molar refractivity (Wildman–Crippen MR) is 87.4 cm³/mol. The van der Waals surface area contributed by atoms with Crippen molar-refractivity contribution in [1.29, 1.82) is 0 Å². The summed E-state index contributed by atoms with van der Waals surface area (Å²) in [5.41, 5.74) is 7.62. The van der Waals surface area contributed by atoms with Gasteiger partial charge in [-0.15, -0.1) is 0 Å². The van der Waals surface area contributed by atoms with E-state index in [4.69, 9.17) is 10.4 Å². The molecule has 1 aromatic carbocycles. The van der Waals surface area contributed by atoms with E-state index in [0.29, 0.717) is 12.3 Å². The van der Waals surface area contributed by atoms with Crippen LogP contribution in [0, 0.1) is 11.7 Å². The van der Waals surface area contributed by atoms with Crippen molar-refractivity contribution in [3.05, 3.63) is 35.1 Å². The molecule has 2 N–H and O–H groups in total. The van der Waals surface area contributed by atoms with Crippen molar-refractivity contribution in [2.75, 3.05) is 6.73 Å². The molecule has 1 atom stereocenters. The fraction of sp³-hybridized carbons (Fsp3) is 0.588. The monoisotopic (exact) mass is 305 g/mol. The SMILES string of the molecule is CCC(C=O)Cc1cc(F)ccc1C1CCB(OCN)CC1. The first-order valence-electron chi connectivity index (χ1n) is 8.23. The van der Waals surface area contributed by atoms with Crippen molar-refractivity contribution in [3.63, 3.8) is 0 Å². The van der Waals surface area contributed by atoms with Crippen LogP contribution in [0.1, 0.15) is 43.2 Å². The maximum atomic E-state index is 13.6. The van der Waals surface area contributed by atoms with Crippen LogP contribution in [0.5, 0.6) is 0 Å². The van der Waals surface area contributed by atoms with Gasteiger partial charge >= 0.3 is 0 Å². The average molecular weight is 305 g/mol. The molecular weight excluding hydrogens is 280 g/mol. The minimum atomic E-state index is -0.223. The highest BCUT2D eigenvalue weighted by atomic mass is 19.1. The summed E-state index contributed by atoms with van der Waals surface area (Å²) in [6.07, 6.45) is 6.44. The third kappa shape index (κ3) is 4.40. The molecule has 1 aliphatic heterocycles. The van der Waals surface area contributed by atoms with E-state index >= 15 is 0 Å². The maximum absolute atomic E-state index is 13.6. The smallest absolute Gasteiger partial charge is 0.294 e. The summed E-state index contributed by atoms with van der Waals surface area (Å²) >= 11 is 0. The van der Waals surface area contributed by atoms with Gasteiger partial charge in [-0.1, -0.05) is 25.8 Å². The Hall–Kier alpha value is -1.20. The number of carbonyl (C=O) groups is 1.